The van der Waals surface area contributed by atoms with E-state index >= 15 is 0 Å². The number of halogens is 1. The van der Waals surface area contributed by atoms with Crippen LogP contribution in [0.3, 0.4) is 0 Å². The Morgan fingerprint density at radius 2 is 2.00 bits per heavy atom. The highest BCUT2D eigenvalue weighted by Gasteiger charge is 2.36. The quantitative estimate of drug-likeness (QED) is 0.772. The SMILES string of the molecule is Cl.NC1(C(=O)NCCCOC2CCCc3ccccc32)CCCC1. The van der Waals surface area contributed by atoms with Gasteiger partial charge in [0.1, 0.15) is 0 Å². The molecule has 2 aliphatic rings. The van der Waals surface area contributed by atoms with Gasteiger partial charge in [0.2, 0.25) is 5.91 Å². The van der Waals surface area contributed by atoms with Crippen molar-refractivity contribution in [2.75, 3.05) is 13.2 Å². The molecule has 1 amide bonds. The van der Waals surface area contributed by atoms with Crippen LogP contribution in [0.4, 0.5) is 0 Å². The summed E-state index contributed by atoms with van der Waals surface area (Å²) in [6.07, 6.45) is 8.24. The molecular weight excluding hydrogens is 324 g/mol. The van der Waals surface area contributed by atoms with E-state index in [1.165, 1.54) is 17.5 Å². The molecule has 1 fully saturated rings. The van der Waals surface area contributed by atoms with Crippen LogP contribution in [0.5, 0.6) is 0 Å². The number of carbonyl (C=O) groups excluding carboxylic acids is 1. The van der Waals surface area contributed by atoms with Gasteiger partial charge in [-0.1, -0.05) is 37.1 Å². The molecule has 0 spiro atoms. The number of hydrogen-bond acceptors (Lipinski definition) is 3. The average Bonchev–Trinajstić information content (AvgIpc) is 3.02. The normalized spacial score (nSPS) is 21.6. The molecule has 1 aromatic rings. The highest BCUT2D eigenvalue weighted by molar-refractivity contribution is 5.86. The van der Waals surface area contributed by atoms with Crippen LogP contribution in [0.25, 0.3) is 0 Å². The van der Waals surface area contributed by atoms with Crippen LogP contribution >= 0.6 is 12.4 Å². The predicted octanol–water partition coefficient (Wildman–Crippen LogP) is 3.28. The second kappa shape index (κ2) is 8.84. The second-order valence-electron chi connectivity index (χ2n) is 6.92. The van der Waals surface area contributed by atoms with Gasteiger partial charge in [-0.15, -0.1) is 12.4 Å². The number of nitrogens with two attached hydrogens (primary N) is 1. The molecule has 3 rings (SSSR count). The van der Waals surface area contributed by atoms with Crippen molar-refractivity contribution in [3.8, 4) is 0 Å². The zero-order valence-electron chi connectivity index (χ0n) is 14.3. The standard InChI is InChI=1S/C19H28N2O2.ClH/c20-19(11-3-4-12-19)18(22)21-13-6-14-23-17-10-5-8-15-7-1-2-9-16(15)17;/h1-2,7,9,17H,3-6,8,10-14,20H2,(H,21,22);1H. The molecule has 0 heterocycles. The molecule has 3 N–H and O–H groups in total. The molecule has 0 bridgehead atoms. The first-order valence-corrected chi connectivity index (χ1v) is 8.96. The van der Waals surface area contributed by atoms with E-state index in [1.807, 2.05) is 0 Å². The summed E-state index contributed by atoms with van der Waals surface area (Å²) >= 11 is 0. The first-order valence-electron chi connectivity index (χ1n) is 8.96. The van der Waals surface area contributed by atoms with E-state index in [4.69, 9.17) is 10.5 Å². The van der Waals surface area contributed by atoms with E-state index in [2.05, 4.69) is 29.6 Å². The molecule has 1 aromatic carbocycles. The summed E-state index contributed by atoms with van der Waals surface area (Å²) in [5, 5.41) is 2.98. The Morgan fingerprint density at radius 1 is 1.25 bits per heavy atom. The Kier molecular flexibility index (Phi) is 7.08. The smallest absolute Gasteiger partial charge is 0.240 e. The van der Waals surface area contributed by atoms with Crippen LogP contribution < -0.4 is 11.1 Å². The van der Waals surface area contributed by atoms with Crippen molar-refractivity contribution in [3.63, 3.8) is 0 Å². The van der Waals surface area contributed by atoms with Crippen molar-refractivity contribution in [3.05, 3.63) is 35.4 Å². The van der Waals surface area contributed by atoms with Crippen LogP contribution in [0.2, 0.25) is 0 Å². The minimum absolute atomic E-state index is 0. The number of rotatable bonds is 6. The van der Waals surface area contributed by atoms with Gasteiger partial charge in [-0.25, -0.2) is 0 Å². The molecule has 0 aromatic heterocycles. The van der Waals surface area contributed by atoms with Gasteiger partial charge in [0.25, 0.3) is 0 Å². The monoisotopic (exact) mass is 352 g/mol. The second-order valence-corrected chi connectivity index (χ2v) is 6.92. The Hall–Kier alpha value is -1.10. The van der Waals surface area contributed by atoms with Crippen molar-refractivity contribution >= 4 is 18.3 Å². The lowest BCUT2D eigenvalue weighted by Gasteiger charge is -2.26. The van der Waals surface area contributed by atoms with E-state index < -0.39 is 5.54 Å². The summed E-state index contributed by atoms with van der Waals surface area (Å²) in [5.74, 6) is 0.0120. The van der Waals surface area contributed by atoms with Gasteiger partial charge in [0.05, 0.1) is 11.6 Å². The van der Waals surface area contributed by atoms with E-state index in [0.717, 1.165) is 44.9 Å². The van der Waals surface area contributed by atoms with Gasteiger partial charge >= 0.3 is 0 Å². The minimum Gasteiger partial charge on any atom is -0.373 e. The first kappa shape index (κ1) is 19.2. The number of nitrogens with one attached hydrogen (secondary N) is 1. The summed E-state index contributed by atoms with van der Waals surface area (Å²) in [7, 11) is 0. The molecule has 0 radical (unpaired) electrons. The van der Waals surface area contributed by atoms with Crippen LogP contribution in [-0.4, -0.2) is 24.6 Å². The van der Waals surface area contributed by atoms with Crippen molar-refractivity contribution in [2.45, 2.75) is 63.0 Å². The predicted molar refractivity (Wildman–Crippen MR) is 98.3 cm³/mol. The highest BCUT2D eigenvalue weighted by atomic mass is 35.5. The van der Waals surface area contributed by atoms with E-state index in [0.29, 0.717) is 13.2 Å². The zero-order chi connectivity index (χ0) is 16.1. The molecule has 1 unspecified atom stereocenters. The molecule has 4 nitrogen and oxygen atoms in total. The maximum Gasteiger partial charge on any atom is 0.240 e. The molecule has 0 saturated heterocycles. The summed E-state index contributed by atoms with van der Waals surface area (Å²) < 4.78 is 6.06. The number of benzene rings is 1. The Morgan fingerprint density at radius 3 is 2.79 bits per heavy atom. The average molecular weight is 353 g/mol. The largest absolute Gasteiger partial charge is 0.373 e. The summed E-state index contributed by atoms with van der Waals surface area (Å²) in [5.41, 5.74) is 8.28. The maximum absolute atomic E-state index is 12.1. The lowest BCUT2D eigenvalue weighted by atomic mass is 9.89. The van der Waals surface area contributed by atoms with Gasteiger partial charge in [-0.2, -0.15) is 0 Å². The topological polar surface area (TPSA) is 64.4 Å². The third kappa shape index (κ3) is 4.50. The number of carbonyl (C=O) groups is 1. The van der Waals surface area contributed by atoms with Gasteiger partial charge in [-0.05, 0) is 49.7 Å². The molecule has 24 heavy (non-hydrogen) atoms. The number of fused-ring (bicyclic) bond motifs is 1. The van der Waals surface area contributed by atoms with E-state index in [-0.39, 0.29) is 24.4 Å². The van der Waals surface area contributed by atoms with Crippen molar-refractivity contribution < 1.29 is 9.53 Å². The van der Waals surface area contributed by atoms with Crippen LogP contribution in [0.1, 0.15) is 62.2 Å². The van der Waals surface area contributed by atoms with E-state index in [1.54, 1.807) is 0 Å². The fraction of sp³-hybridized carbons (Fsp3) is 0.632. The third-order valence-electron chi connectivity index (χ3n) is 5.19. The summed E-state index contributed by atoms with van der Waals surface area (Å²) in [6.45, 7) is 1.32. The number of amides is 1. The molecule has 0 aliphatic heterocycles. The van der Waals surface area contributed by atoms with Crippen molar-refractivity contribution in [1.29, 1.82) is 0 Å². The fourth-order valence-corrected chi connectivity index (χ4v) is 3.79. The van der Waals surface area contributed by atoms with E-state index in [9.17, 15) is 4.79 Å². The number of aryl methyl sites for hydroxylation is 1. The first-order chi connectivity index (χ1) is 11.2. The Balaban J connectivity index is 0.00000208. The van der Waals surface area contributed by atoms with Crippen LogP contribution in [0.15, 0.2) is 24.3 Å². The highest BCUT2D eigenvalue weighted by Crippen LogP contribution is 2.32. The van der Waals surface area contributed by atoms with Gasteiger partial charge in [0.15, 0.2) is 0 Å². The molecule has 1 atom stereocenters. The molecule has 134 valence electrons. The maximum atomic E-state index is 12.1. The van der Waals surface area contributed by atoms with Crippen molar-refractivity contribution in [1.82, 2.24) is 5.32 Å². The van der Waals surface area contributed by atoms with Gasteiger partial charge < -0.3 is 15.8 Å². The third-order valence-corrected chi connectivity index (χ3v) is 5.19. The zero-order valence-corrected chi connectivity index (χ0v) is 15.1. The Bertz CT molecular complexity index is 544. The number of ether oxygens (including phenoxy) is 1. The molecule has 1 saturated carbocycles. The summed E-state index contributed by atoms with van der Waals surface area (Å²) in [6, 6.07) is 8.57. The fourth-order valence-electron chi connectivity index (χ4n) is 3.79. The van der Waals surface area contributed by atoms with Gasteiger partial charge in [0, 0.05) is 13.2 Å². The molecule has 5 heteroatoms. The minimum atomic E-state index is -0.622. The molecular formula is C19H29ClN2O2. The van der Waals surface area contributed by atoms with Crippen LogP contribution in [0, 0.1) is 0 Å². The molecule has 2 aliphatic carbocycles. The number of hydrogen-bond donors (Lipinski definition) is 2. The van der Waals surface area contributed by atoms with Gasteiger partial charge in [-0.3, -0.25) is 4.79 Å². The van der Waals surface area contributed by atoms with Crippen LogP contribution in [-0.2, 0) is 16.0 Å². The van der Waals surface area contributed by atoms with Crippen molar-refractivity contribution in [2.24, 2.45) is 5.73 Å². The Labute approximate surface area is 150 Å². The lowest BCUT2D eigenvalue weighted by molar-refractivity contribution is -0.126. The summed E-state index contributed by atoms with van der Waals surface area (Å²) in [4.78, 5) is 12.1. The lowest BCUT2D eigenvalue weighted by Crippen LogP contribution is -2.52.